The highest BCUT2D eigenvalue weighted by Gasteiger charge is 2.18. The molecule has 290 valence electrons. The molecule has 0 rings (SSSR count). The molecule has 50 heavy (non-hydrogen) atoms. The van der Waals surface area contributed by atoms with Gasteiger partial charge in [0.1, 0.15) is 0 Å². The molecule has 0 aromatic rings. The first-order valence-electron chi connectivity index (χ1n) is 15.5. The minimum absolute atomic E-state index is 0. The molecule has 17 nitrogen and oxygen atoms in total. The molecule has 0 fully saturated rings. The third-order valence-electron chi connectivity index (χ3n) is 5.70. The molecule has 0 aliphatic rings. The Kier molecular flexibility index (Phi) is 40.5. The van der Waals surface area contributed by atoms with Crippen LogP contribution in [-0.2, 0) is 28.6 Å². The van der Waals surface area contributed by atoms with Gasteiger partial charge in [-0.15, -0.1) is 0 Å². The van der Waals surface area contributed by atoms with Crippen molar-refractivity contribution in [3.8, 4) is 0 Å². The van der Waals surface area contributed by atoms with Gasteiger partial charge in [-0.3, -0.25) is 14.4 Å². The summed E-state index contributed by atoms with van der Waals surface area (Å²) in [6.45, 7) is 21.5. The van der Waals surface area contributed by atoms with Gasteiger partial charge >= 0.3 is 29.7 Å². The van der Waals surface area contributed by atoms with Crippen molar-refractivity contribution in [1.29, 1.82) is 0 Å². The van der Waals surface area contributed by atoms with Crippen LogP contribution in [0.25, 0.3) is 5.53 Å². The summed E-state index contributed by atoms with van der Waals surface area (Å²) in [4.78, 5) is 56.0. The fraction of sp³-hybridized carbons (Fsp3) is 0.625. The molecule has 0 unspecified atom stereocenters. The van der Waals surface area contributed by atoms with Gasteiger partial charge in [0.2, 0.25) is 5.78 Å². The van der Waals surface area contributed by atoms with Crippen molar-refractivity contribution in [3.63, 3.8) is 0 Å². The zero-order chi connectivity index (χ0) is 38.8. The molecule has 0 saturated heterocycles. The quantitative estimate of drug-likeness (QED) is 0.0167. The van der Waals surface area contributed by atoms with Crippen molar-refractivity contribution >= 4 is 47.1 Å². The van der Waals surface area contributed by atoms with Gasteiger partial charge in [-0.25, -0.2) is 9.59 Å². The molecule has 0 saturated carbocycles. The summed E-state index contributed by atoms with van der Waals surface area (Å²) in [6.07, 6.45) is 4.32. The molecular formula is C32H61ClN8O9. The number of hydrogen-bond acceptors (Lipinski definition) is 14. The molecule has 0 aliphatic heterocycles. The van der Waals surface area contributed by atoms with Gasteiger partial charge in [0.25, 0.3) is 0 Å². The van der Waals surface area contributed by atoms with E-state index >= 15 is 0 Å². The maximum Gasteiger partial charge on any atom is 0.516 e. The standard InChI is InChI=1S/C11H20N2O4.C9H16N4O.C8H16N2O2.C3H5ClO2.CH4/c1-4-16-11(15)17-10(14)8(2)6-5-7-13-9(3)12;1-7(9(14)6-13-11)4-3-5-12-8(2)10;1-6(8(11)12)4-3-5-10-7(2)9;1-2-6-3(4)5;/h8,13H,3-7,12H2,1-2H3;6-7,12H,2-5,10H2,1H3;6,10H,2-5,9H2,1H3,(H,11,12);2H2,1H3;1H4/t8-;7-;6-;;/m000../s1. The first kappa shape index (κ1) is 54.7. The number of nitrogens with one attached hydrogen (secondary N) is 3. The lowest BCUT2D eigenvalue weighted by Gasteiger charge is -2.10. The highest BCUT2D eigenvalue weighted by Crippen LogP contribution is 2.08. The van der Waals surface area contributed by atoms with Crippen LogP contribution in [0.15, 0.2) is 37.2 Å². The van der Waals surface area contributed by atoms with Crippen LogP contribution in [0.1, 0.15) is 80.6 Å². The second-order valence-corrected chi connectivity index (χ2v) is 10.6. The van der Waals surface area contributed by atoms with Crippen molar-refractivity contribution in [2.75, 3.05) is 32.8 Å². The summed E-state index contributed by atoms with van der Waals surface area (Å²) in [7, 11) is 0. The minimum Gasteiger partial charge on any atom is -0.481 e. The number of Topliss-reactive ketones (excluding diaryl/α,β-unsaturated/α-hetero) is 1. The molecule has 0 bridgehead atoms. The molecule has 0 amide bonds. The number of halogens is 1. The predicted octanol–water partition coefficient (Wildman–Crippen LogP) is 3.94. The van der Waals surface area contributed by atoms with E-state index < -0.39 is 23.5 Å². The smallest absolute Gasteiger partial charge is 0.481 e. The average molecular weight is 737 g/mol. The van der Waals surface area contributed by atoms with Crippen LogP contribution in [-0.4, -0.2) is 78.3 Å². The lowest BCUT2D eigenvalue weighted by Crippen LogP contribution is -2.23. The van der Waals surface area contributed by atoms with Crippen LogP contribution >= 0.6 is 11.6 Å². The minimum atomic E-state index is -0.946. The van der Waals surface area contributed by atoms with E-state index in [4.69, 9.17) is 39.4 Å². The van der Waals surface area contributed by atoms with E-state index in [9.17, 15) is 24.0 Å². The van der Waals surface area contributed by atoms with E-state index in [1.165, 1.54) is 0 Å². The Morgan fingerprint density at radius 3 is 1.46 bits per heavy atom. The molecule has 0 aromatic carbocycles. The number of rotatable bonds is 21. The topological polar surface area (TPSA) is 284 Å². The van der Waals surface area contributed by atoms with Crippen molar-refractivity contribution in [1.82, 2.24) is 16.0 Å². The number of nitrogens with zero attached hydrogens (tertiary/aromatic N) is 2. The van der Waals surface area contributed by atoms with Gasteiger partial charge in [0.15, 0.2) is 0 Å². The van der Waals surface area contributed by atoms with Crippen LogP contribution in [0.2, 0.25) is 0 Å². The number of carboxylic acid groups (broad SMARTS) is 1. The van der Waals surface area contributed by atoms with Gasteiger partial charge in [-0.1, -0.05) is 47.9 Å². The Morgan fingerprint density at radius 1 is 0.780 bits per heavy atom. The van der Waals surface area contributed by atoms with Crippen molar-refractivity contribution in [2.45, 2.75) is 80.6 Å². The first-order valence-corrected chi connectivity index (χ1v) is 15.9. The third kappa shape index (κ3) is 45.4. The Hall–Kier alpha value is -4.76. The summed E-state index contributed by atoms with van der Waals surface area (Å²) in [6, 6.07) is 0. The van der Waals surface area contributed by atoms with Gasteiger partial charge in [0.05, 0.1) is 42.5 Å². The molecular weight excluding hydrogens is 676 g/mol. The monoisotopic (exact) mass is 736 g/mol. The van der Waals surface area contributed by atoms with Gasteiger partial charge < -0.3 is 58.0 Å². The molecule has 0 spiro atoms. The lowest BCUT2D eigenvalue weighted by molar-refractivity contribution is -0.144. The number of nitrogens with two attached hydrogens (primary N) is 3. The van der Waals surface area contributed by atoms with Gasteiger partial charge in [0, 0.05) is 37.2 Å². The van der Waals surface area contributed by atoms with Crippen LogP contribution < -0.4 is 33.2 Å². The number of ketones is 1. The van der Waals surface area contributed by atoms with Crippen LogP contribution in [0, 0.1) is 17.8 Å². The van der Waals surface area contributed by atoms with E-state index in [1.54, 1.807) is 34.6 Å². The van der Waals surface area contributed by atoms with E-state index in [0.29, 0.717) is 56.5 Å². The van der Waals surface area contributed by atoms with Gasteiger partial charge in [-0.05, 0) is 52.4 Å². The number of carbonyl (C=O) groups excluding carboxylic acids is 4. The molecule has 10 N–H and O–H groups in total. The summed E-state index contributed by atoms with van der Waals surface area (Å²) in [5.74, 6) is -0.995. The summed E-state index contributed by atoms with van der Waals surface area (Å²) < 4.78 is 13.1. The van der Waals surface area contributed by atoms with E-state index in [-0.39, 0.29) is 37.6 Å². The summed E-state index contributed by atoms with van der Waals surface area (Å²) in [5, 5.41) is 17.1. The number of ether oxygens (including phenoxy) is 3. The van der Waals surface area contributed by atoms with E-state index in [1.807, 2.05) is 0 Å². The maximum atomic E-state index is 11.4. The van der Waals surface area contributed by atoms with Crippen molar-refractivity contribution in [3.05, 3.63) is 42.7 Å². The second-order valence-electron chi connectivity index (χ2n) is 10.2. The normalized spacial score (nSPS) is 10.8. The number of carbonyl (C=O) groups is 5. The highest BCUT2D eigenvalue weighted by atomic mass is 35.5. The first-order chi connectivity index (χ1) is 22.8. The second kappa shape index (κ2) is 37.1. The van der Waals surface area contributed by atoms with Gasteiger partial charge in [-0.2, -0.15) is 4.79 Å². The third-order valence-corrected chi connectivity index (χ3v) is 5.81. The Bertz CT molecular complexity index is 1070. The van der Waals surface area contributed by atoms with E-state index in [0.717, 1.165) is 31.9 Å². The fourth-order valence-corrected chi connectivity index (χ4v) is 3.09. The number of esters is 1. The zero-order valence-corrected chi connectivity index (χ0v) is 30.2. The number of hydrogen-bond donors (Lipinski definition) is 7. The Morgan fingerprint density at radius 2 is 1.16 bits per heavy atom. The van der Waals surface area contributed by atoms with E-state index in [2.05, 4.69) is 54.7 Å². The summed E-state index contributed by atoms with van der Waals surface area (Å²) >= 11 is 4.72. The van der Waals surface area contributed by atoms with Crippen molar-refractivity contribution in [2.24, 2.45) is 35.0 Å². The largest absolute Gasteiger partial charge is 0.516 e. The summed E-state index contributed by atoms with van der Waals surface area (Å²) in [5.41, 5.74) is 23.2. The zero-order valence-electron chi connectivity index (χ0n) is 29.4. The fourth-order valence-electron chi connectivity index (χ4n) is 2.98. The molecule has 0 aliphatic carbocycles. The lowest BCUT2D eigenvalue weighted by atomic mass is 10.0. The molecule has 0 radical (unpaired) electrons. The maximum absolute atomic E-state index is 11.4. The molecule has 18 heteroatoms. The molecule has 0 aromatic heterocycles. The van der Waals surface area contributed by atoms with Crippen LogP contribution in [0.3, 0.4) is 0 Å². The number of aliphatic carboxylic acids is 1. The van der Waals surface area contributed by atoms with Crippen molar-refractivity contribution < 1.29 is 48.1 Å². The van der Waals surface area contributed by atoms with Crippen LogP contribution in [0.5, 0.6) is 0 Å². The SMILES string of the molecule is C.C=C(N)NCCC[C@H](C)C(=O)C=[N+]=[N-].C=C(N)NCCC[C@H](C)C(=O)O.C=C(N)NCCC[C@H](C)C(=O)OC(=O)OCC.CCOC(=O)Cl. The predicted molar refractivity (Wildman–Crippen MR) is 194 cm³/mol. The van der Waals surface area contributed by atoms with Crippen LogP contribution in [0.4, 0.5) is 9.59 Å². The average Bonchev–Trinajstić information content (AvgIpc) is 3.00. The molecule has 3 atom stereocenters. The Balaban J connectivity index is -0.000000187. The highest BCUT2D eigenvalue weighted by molar-refractivity contribution is 6.61. The molecule has 0 heterocycles. The number of carboxylic acids is 1. The Labute approximate surface area is 302 Å².